The highest BCUT2D eigenvalue weighted by Gasteiger charge is 2.15. The molecule has 1 rings (SSSR count). The molecule has 0 aliphatic heterocycles. The van der Waals surface area contributed by atoms with Gasteiger partial charge in [-0.2, -0.15) is 0 Å². The van der Waals surface area contributed by atoms with E-state index in [1.807, 2.05) is 0 Å². The molecule has 0 heterocycles. The number of methoxy groups -OCH3 is 1. The molecule has 1 aromatic rings. The Labute approximate surface area is 115 Å². The van der Waals surface area contributed by atoms with Crippen LogP contribution in [0.5, 0.6) is 0 Å². The third-order valence-corrected chi connectivity index (χ3v) is 4.44. The van der Waals surface area contributed by atoms with E-state index in [1.165, 1.54) is 7.11 Å². The molecular weight excluding hydrogens is 258 g/mol. The second kappa shape index (κ2) is 6.52. The molecule has 0 unspecified atom stereocenters. The van der Waals surface area contributed by atoms with Gasteiger partial charge in [-0.25, -0.2) is 4.79 Å². The van der Waals surface area contributed by atoms with Crippen LogP contribution in [0, 0.1) is 0 Å². The van der Waals surface area contributed by atoms with Gasteiger partial charge in [-0.1, -0.05) is 19.6 Å². The van der Waals surface area contributed by atoms with E-state index >= 15 is 0 Å². The molecule has 1 N–H and O–H groups in total. The first-order valence-corrected chi connectivity index (χ1v) is 10.0. The van der Waals surface area contributed by atoms with E-state index in [1.54, 1.807) is 24.3 Å². The molecule has 0 saturated carbocycles. The van der Waals surface area contributed by atoms with Crippen LogP contribution in [0.1, 0.15) is 16.8 Å². The largest absolute Gasteiger partial charge is 0.465 e. The molecule has 0 aromatic heterocycles. The Morgan fingerprint density at radius 3 is 2.21 bits per heavy atom. The van der Waals surface area contributed by atoms with Gasteiger partial charge in [0.25, 0.3) is 0 Å². The van der Waals surface area contributed by atoms with Gasteiger partial charge in [0, 0.05) is 20.2 Å². The van der Waals surface area contributed by atoms with E-state index in [0.29, 0.717) is 17.7 Å². The Morgan fingerprint density at radius 1 is 1.16 bits per heavy atom. The summed E-state index contributed by atoms with van der Waals surface area (Å²) in [5.74, 6) is -0.357. The van der Waals surface area contributed by atoms with Crippen molar-refractivity contribution in [1.29, 1.82) is 0 Å². The number of hydrogen-bond acceptors (Lipinski definition) is 3. The molecule has 4 nitrogen and oxygen atoms in total. The van der Waals surface area contributed by atoms with Gasteiger partial charge in [0.2, 0.25) is 5.91 Å². The average molecular weight is 279 g/mol. The van der Waals surface area contributed by atoms with Crippen LogP contribution in [0.4, 0.5) is 5.69 Å². The highest BCUT2D eigenvalue weighted by molar-refractivity contribution is 6.76. The molecule has 104 valence electrons. The van der Waals surface area contributed by atoms with E-state index in [4.69, 9.17) is 0 Å². The highest BCUT2D eigenvalue weighted by Crippen LogP contribution is 2.14. The summed E-state index contributed by atoms with van der Waals surface area (Å²) in [6.45, 7) is 6.72. The topological polar surface area (TPSA) is 55.4 Å². The zero-order chi connectivity index (χ0) is 14.5. The summed E-state index contributed by atoms with van der Waals surface area (Å²) in [4.78, 5) is 23.0. The number of carbonyl (C=O) groups is 2. The summed E-state index contributed by atoms with van der Waals surface area (Å²) >= 11 is 0. The fourth-order valence-electron chi connectivity index (χ4n) is 1.52. The zero-order valence-electron chi connectivity index (χ0n) is 11.9. The molecule has 0 atom stereocenters. The second-order valence-corrected chi connectivity index (χ2v) is 11.3. The smallest absolute Gasteiger partial charge is 0.337 e. The minimum atomic E-state index is -1.19. The van der Waals surface area contributed by atoms with Crippen molar-refractivity contribution < 1.29 is 14.3 Å². The summed E-state index contributed by atoms with van der Waals surface area (Å²) in [5, 5.41) is 2.83. The van der Waals surface area contributed by atoms with Crippen molar-refractivity contribution in [2.24, 2.45) is 0 Å². The Bertz CT molecular complexity index is 449. The van der Waals surface area contributed by atoms with Gasteiger partial charge in [0.1, 0.15) is 0 Å². The van der Waals surface area contributed by atoms with Crippen LogP contribution in [-0.2, 0) is 9.53 Å². The number of esters is 1. The number of nitrogens with one attached hydrogen (secondary N) is 1. The maximum absolute atomic E-state index is 11.8. The van der Waals surface area contributed by atoms with Gasteiger partial charge in [-0.3, -0.25) is 4.79 Å². The van der Waals surface area contributed by atoms with E-state index in [0.717, 1.165) is 6.04 Å². The molecule has 1 amide bonds. The lowest BCUT2D eigenvalue weighted by Crippen LogP contribution is -2.22. The van der Waals surface area contributed by atoms with Gasteiger partial charge in [0.15, 0.2) is 0 Å². The van der Waals surface area contributed by atoms with Crippen molar-refractivity contribution >= 4 is 25.6 Å². The summed E-state index contributed by atoms with van der Waals surface area (Å²) in [7, 11) is 0.154. The van der Waals surface area contributed by atoms with Crippen molar-refractivity contribution in [3.63, 3.8) is 0 Å². The van der Waals surface area contributed by atoms with Gasteiger partial charge >= 0.3 is 5.97 Å². The van der Waals surface area contributed by atoms with Crippen LogP contribution in [0.25, 0.3) is 0 Å². The Morgan fingerprint density at radius 2 is 1.74 bits per heavy atom. The summed E-state index contributed by atoms with van der Waals surface area (Å²) in [5.41, 5.74) is 1.18. The van der Waals surface area contributed by atoms with Crippen LogP contribution < -0.4 is 5.32 Å². The lowest BCUT2D eigenvalue weighted by Gasteiger charge is -2.15. The molecule has 0 radical (unpaired) electrons. The summed E-state index contributed by atoms with van der Waals surface area (Å²) in [6.07, 6.45) is 0.550. The van der Waals surface area contributed by atoms with Gasteiger partial charge < -0.3 is 10.1 Å². The van der Waals surface area contributed by atoms with Crippen molar-refractivity contribution in [2.75, 3.05) is 12.4 Å². The van der Waals surface area contributed by atoms with Crippen molar-refractivity contribution in [3.05, 3.63) is 29.8 Å². The van der Waals surface area contributed by atoms with Crippen LogP contribution in [0.3, 0.4) is 0 Å². The number of anilines is 1. The minimum Gasteiger partial charge on any atom is -0.465 e. The highest BCUT2D eigenvalue weighted by atomic mass is 28.3. The molecular formula is C14H21NO3Si. The van der Waals surface area contributed by atoms with E-state index in [-0.39, 0.29) is 11.9 Å². The van der Waals surface area contributed by atoms with E-state index < -0.39 is 8.07 Å². The van der Waals surface area contributed by atoms with Crippen molar-refractivity contribution in [3.8, 4) is 0 Å². The van der Waals surface area contributed by atoms with Gasteiger partial charge in [0.05, 0.1) is 12.7 Å². The molecule has 0 spiro atoms. The van der Waals surface area contributed by atoms with Gasteiger partial charge in [-0.15, -0.1) is 0 Å². The summed E-state index contributed by atoms with van der Waals surface area (Å²) < 4.78 is 4.61. The third-order valence-electron chi connectivity index (χ3n) is 2.69. The fourth-order valence-corrected chi connectivity index (χ4v) is 2.50. The fraction of sp³-hybridized carbons (Fsp3) is 0.429. The number of benzene rings is 1. The molecule has 0 saturated heterocycles. The summed E-state index contributed by atoms with van der Waals surface area (Å²) in [6, 6.07) is 7.66. The Balaban J connectivity index is 2.54. The lowest BCUT2D eigenvalue weighted by molar-refractivity contribution is -0.115. The van der Waals surface area contributed by atoms with E-state index in [9.17, 15) is 9.59 Å². The van der Waals surface area contributed by atoms with Crippen LogP contribution in [-0.4, -0.2) is 27.1 Å². The Kier molecular flexibility index (Phi) is 5.29. The maximum atomic E-state index is 11.8. The minimum absolute atomic E-state index is 0.0215. The quantitative estimate of drug-likeness (QED) is 0.665. The third kappa shape index (κ3) is 5.70. The number of rotatable bonds is 5. The molecule has 5 heteroatoms. The lowest BCUT2D eigenvalue weighted by atomic mass is 10.2. The molecule has 0 aliphatic rings. The normalized spacial score (nSPS) is 10.9. The first kappa shape index (κ1) is 15.4. The maximum Gasteiger partial charge on any atom is 0.337 e. The molecule has 0 fully saturated rings. The first-order chi connectivity index (χ1) is 8.81. The molecule has 1 aromatic carbocycles. The predicted octanol–water partition coefficient (Wildman–Crippen LogP) is 3.14. The van der Waals surface area contributed by atoms with Crippen LogP contribution >= 0.6 is 0 Å². The second-order valence-electron chi connectivity index (χ2n) is 5.68. The number of hydrogen-bond donors (Lipinski definition) is 1. The average Bonchev–Trinajstić information content (AvgIpc) is 2.35. The van der Waals surface area contributed by atoms with Crippen molar-refractivity contribution in [1.82, 2.24) is 0 Å². The van der Waals surface area contributed by atoms with E-state index in [2.05, 4.69) is 29.7 Å². The predicted molar refractivity (Wildman–Crippen MR) is 79.2 cm³/mol. The SMILES string of the molecule is COC(=O)c1ccc(NC(=O)CC[Si](C)(C)C)cc1. The Hall–Kier alpha value is -1.62. The number of amides is 1. The zero-order valence-corrected chi connectivity index (χ0v) is 12.9. The number of carbonyl (C=O) groups excluding carboxylic acids is 2. The monoisotopic (exact) mass is 279 g/mol. The van der Waals surface area contributed by atoms with Gasteiger partial charge in [-0.05, 0) is 30.3 Å². The standard InChI is InChI=1S/C14H21NO3Si/c1-18-14(17)11-5-7-12(8-6-11)15-13(16)9-10-19(2,3)4/h5-8H,9-10H2,1-4H3,(H,15,16). The molecule has 0 bridgehead atoms. The van der Waals surface area contributed by atoms with Crippen LogP contribution in [0.15, 0.2) is 24.3 Å². The van der Waals surface area contributed by atoms with Crippen LogP contribution in [0.2, 0.25) is 25.7 Å². The molecule has 19 heavy (non-hydrogen) atoms. The number of ether oxygens (including phenoxy) is 1. The van der Waals surface area contributed by atoms with Crippen molar-refractivity contribution in [2.45, 2.75) is 32.1 Å². The first-order valence-electron chi connectivity index (χ1n) is 6.30. The molecule has 0 aliphatic carbocycles.